The van der Waals surface area contributed by atoms with Gasteiger partial charge in [-0.1, -0.05) is 42.5 Å². The van der Waals surface area contributed by atoms with Gasteiger partial charge in [0.05, 0.1) is 0 Å². The van der Waals surface area contributed by atoms with Crippen molar-refractivity contribution in [3.8, 4) is 0 Å². The molecule has 0 aromatic heterocycles. The molecule has 0 aliphatic carbocycles. The zero-order chi connectivity index (χ0) is 18.9. The molecular weight excluding hydrogens is 332 g/mol. The Labute approximate surface area is 164 Å². The van der Waals surface area contributed by atoms with Gasteiger partial charge in [0.2, 0.25) is 0 Å². The summed E-state index contributed by atoms with van der Waals surface area (Å²) < 4.78 is 5.59. The van der Waals surface area contributed by atoms with Gasteiger partial charge in [0.25, 0.3) is 0 Å². The zero-order valence-corrected chi connectivity index (χ0v) is 16.9. The van der Waals surface area contributed by atoms with Gasteiger partial charge in [-0.15, -0.1) is 0 Å². The molecular formula is C24H34N2O. The smallest absolute Gasteiger partial charge is 0.0468 e. The molecule has 1 saturated heterocycles. The Morgan fingerprint density at radius 1 is 0.963 bits per heavy atom. The number of hydrogen-bond donors (Lipinski definition) is 1. The average molecular weight is 367 g/mol. The van der Waals surface area contributed by atoms with Crippen LogP contribution in [0.2, 0.25) is 0 Å². The second kappa shape index (κ2) is 10.5. The van der Waals surface area contributed by atoms with Crippen LogP contribution in [0.1, 0.15) is 30.4 Å². The minimum Gasteiger partial charge on any atom is -0.381 e. The molecule has 3 rings (SSSR count). The van der Waals surface area contributed by atoms with E-state index in [1.165, 1.54) is 42.5 Å². The van der Waals surface area contributed by atoms with Gasteiger partial charge in [-0.25, -0.2) is 0 Å². The van der Waals surface area contributed by atoms with Crippen LogP contribution >= 0.6 is 0 Å². The SMILES string of the molecule is CN(C)c1ccc(CNCCC(Cc2ccccc2)C2CCOCC2)cc1. The Morgan fingerprint density at radius 2 is 1.67 bits per heavy atom. The average Bonchev–Trinajstić information content (AvgIpc) is 2.72. The van der Waals surface area contributed by atoms with Crippen LogP contribution in [0.3, 0.4) is 0 Å². The molecule has 1 aliphatic rings. The lowest BCUT2D eigenvalue weighted by atomic mass is 9.80. The molecule has 1 heterocycles. The molecule has 0 amide bonds. The van der Waals surface area contributed by atoms with E-state index in [4.69, 9.17) is 4.74 Å². The van der Waals surface area contributed by atoms with Crippen LogP contribution in [0.4, 0.5) is 5.69 Å². The summed E-state index contributed by atoms with van der Waals surface area (Å²) in [7, 11) is 4.16. The summed E-state index contributed by atoms with van der Waals surface area (Å²) >= 11 is 0. The van der Waals surface area contributed by atoms with Crippen molar-refractivity contribution in [2.75, 3.05) is 38.8 Å². The first-order valence-electron chi connectivity index (χ1n) is 10.3. The number of rotatable bonds is 9. The second-order valence-corrected chi connectivity index (χ2v) is 7.93. The van der Waals surface area contributed by atoms with E-state index in [0.717, 1.165) is 38.1 Å². The number of ether oxygens (including phenoxy) is 1. The first-order valence-corrected chi connectivity index (χ1v) is 10.3. The molecule has 1 aliphatic heterocycles. The first-order chi connectivity index (χ1) is 13.2. The molecule has 3 heteroatoms. The van der Waals surface area contributed by atoms with Crippen molar-refractivity contribution in [3.05, 3.63) is 65.7 Å². The largest absolute Gasteiger partial charge is 0.381 e. The zero-order valence-electron chi connectivity index (χ0n) is 16.9. The maximum atomic E-state index is 5.59. The third kappa shape index (κ3) is 6.37. The van der Waals surface area contributed by atoms with E-state index in [-0.39, 0.29) is 0 Å². The van der Waals surface area contributed by atoms with Crippen molar-refractivity contribution in [2.45, 2.75) is 32.2 Å². The van der Waals surface area contributed by atoms with Gasteiger partial charge in [-0.2, -0.15) is 0 Å². The summed E-state index contributed by atoms with van der Waals surface area (Å²) in [6.07, 6.45) is 4.84. The molecule has 27 heavy (non-hydrogen) atoms. The van der Waals surface area contributed by atoms with E-state index in [1.54, 1.807) is 0 Å². The molecule has 2 aromatic carbocycles. The topological polar surface area (TPSA) is 24.5 Å². The van der Waals surface area contributed by atoms with Gasteiger partial charge in [0.1, 0.15) is 0 Å². The molecule has 0 spiro atoms. The number of hydrogen-bond acceptors (Lipinski definition) is 3. The van der Waals surface area contributed by atoms with Crippen molar-refractivity contribution in [3.63, 3.8) is 0 Å². The fourth-order valence-corrected chi connectivity index (χ4v) is 4.04. The van der Waals surface area contributed by atoms with Crippen LogP contribution in [0.15, 0.2) is 54.6 Å². The van der Waals surface area contributed by atoms with E-state index in [0.29, 0.717) is 0 Å². The van der Waals surface area contributed by atoms with Crippen LogP contribution < -0.4 is 10.2 Å². The summed E-state index contributed by atoms with van der Waals surface area (Å²) in [6, 6.07) is 19.8. The molecule has 1 atom stereocenters. The minimum atomic E-state index is 0.736. The van der Waals surface area contributed by atoms with Crippen LogP contribution in [0.25, 0.3) is 0 Å². The summed E-state index contributed by atoms with van der Waals surface area (Å²) in [4.78, 5) is 2.14. The standard InChI is InChI=1S/C24H34N2O/c1-26(2)24-10-8-21(9-11-24)19-25-15-12-23(22-13-16-27-17-14-22)18-20-6-4-3-5-7-20/h3-11,22-23,25H,12-19H2,1-2H3. The van der Waals surface area contributed by atoms with Gasteiger partial charge in [-0.3, -0.25) is 0 Å². The monoisotopic (exact) mass is 366 g/mol. The molecule has 2 aromatic rings. The fraction of sp³-hybridized carbons (Fsp3) is 0.500. The van der Waals surface area contributed by atoms with E-state index >= 15 is 0 Å². The quantitative estimate of drug-likeness (QED) is 0.661. The molecule has 0 radical (unpaired) electrons. The normalized spacial score (nSPS) is 16.2. The Hall–Kier alpha value is -1.84. The summed E-state index contributed by atoms with van der Waals surface area (Å²) in [5, 5.41) is 3.66. The predicted molar refractivity (Wildman–Crippen MR) is 114 cm³/mol. The Balaban J connectivity index is 1.49. The molecule has 0 saturated carbocycles. The van der Waals surface area contributed by atoms with Gasteiger partial charge < -0.3 is 15.0 Å². The van der Waals surface area contributed by atoms with Crippen LogP contribution in [0.5, 0.6) is 0 Å². The van der Waals surface area contributed by atoms with Crippen LogP contribution in [-0.2, 0) is 17.7 Å². The highest BCUT2D eigenvalue weighted by Gasteiger charge is 2.23. The lowest BCUT2D eigenvalue weighted by Crippen LogP contribution is -2.28. The highest BCUT2D eigenvalue weighted by atomic mass is 16.5. The van der Waals surface area contributed by atoms with Gasteiger partial charge >= 0.3 is 0 Å². The third-order valence-electron chi connectivity index (χ3n) is 5.75. The third-order valence-corrected chi connectivity index (χ3v) is 5.75. The van der Waals surface area contributed by atoms with Crippen LogP contribution in [0, 0.1) is 11.8 Å². The maximum absolute atomic E-state index is 5.59. The number of nitrogens with zero attached hydrogens (tertiary/aromatic N) is 1. The minimum absolute atomic E-state index is 0.736. The van der Waals surface area contributed by atoms with E-state index < -0.39 is 0 Å². The highest BCUT2D eigenvalue weighted by Crippen LogP contribution is 2.29. The van der Waals surface area contributed by atoms with Crippen molar-refractivity contribution < 1.29 is 4.74 Å². The second-order valence-electron chi connectivity index (χ2n) is 7.93. The summed E-state index contributed by atoms with van der Waals surface area (Å²) in [6.45, 7) is 3.88. The highest BCUT2D eigenvalue weighted by molar-refractivity contribution is 5.45. The molecule has 3 nitrogen and oxygen atoms in total. The van der Waals surface area contributed by atoms with Gasteiger partial charge in [0, 0.05) is 39.5 Å². The van der Waals surface area contributed by atoms with Gasteiger partial charge in [0.15, 0.2) is 0 Å². The van der Waals surface area contributed by atoms with E-state index in [2.05, 4.69) is 78.9 Å². The molecule has 1 unspecified atom stereocenters. The maximum Gasteiger partial charge on any atom is 0.0468 e. The number of anilines is 1. The number of nitrogens with one attached hydrogen (secondary N) is 1. The molecule has 1 N–H and O–H groups in total. The summed E-state index contributed by atoms with van der Waals surface area (Å²) in [5.41, 5.74) is 4.07. The Morgan fingerprint density at radius 3 is 2.33 bits per heavy atom. The van der Waals surface area contributed by atoms with E-state index in [9.17, 15) is 0 Å². The number of benzene rings is 2. The van der Waals surface area contributed by atoms with Crippen molar-refractivity contribution in [1.82, 2.24) is 5.32 Å². The first kappa shape index (κ1) is 19.9. The predicted octanol–water partition coefficient (Wildman–Crippen LogP) is 4.52. The van der Waals surface area contributed by atoms with Crippen molar-refractivity contribution in [2.24, 2.45) is 11.8 Å². The Kier molecular flexibility index (Phi) is 7.73. The van der Waals surface area contributed by atoms with Crippen LogP contribution in [-0.4, -0.2) is 33.9 Å². The van der Waals surface area contributed by atoms with Crippen molar-refractivity contribution >= 4 is 5.69 Å². The molecule has 1 fully saturated rings. The van der Waals surface area contributed by atoms with Gasteiger partial charge in [-0.05, 0) is 67.3 Å². The fourth-order valence-electron chi connectivity index (χ4n) is 4.04. The molecule has 0 bridgehead atoms. The summed E-state index contributed by atoms with van der Waals surface area (Å²) in [5.74, 6) is 1.53. The lowest BCUT2D eigenvalue weighted by molar-refractivity contribution is 0.0449. The van der Waals surface area contributed by atoms with E-state index in [1.807, 2.05) is 0 Å². The van der Waals surface area contributed by atoms with Crippen molar-refractivity contribution in [1.29, 1.82) is 0 Å². The molecule has 146 valence electrons. The Bertz CT molecular complexity index is 648. The lowest BCUT2D eigenvalue weighted by Gasteiger charge is -2.30.